The van der Waals surface area contributed by atoms with Gasteiger partial charge < -0.3 is 5.11 Å². The number of nitrogens with one attached hydrogen (secondary N) is 1. The molecule has 0 atom stereocenters. The maximum atomic E-state index is 11.8. The Morgan fingerprint density at radius 3 is 2.43 bits per heavy atom. The molecule has 1 amide bonds. The summed E-state index contributed by atoms with van der Waals surface area (Å²) < 4.78 is 2.22. The quantitative estimate of drug-likeness (QED) is 0.508. The molecule has 0 spiro atoms. The lowest BCUT2D eigenvalue weighted by Crippen LogP contribution is -2.17. The Labute approximate surface area is 146 Å². The van der Waals surface area contributed by atoms with Crippen LogP contribution in [0.1, 0.15) is 15.9 Å². The van der Waals surface area contributed by atoms with Crippen LogP contribution >= 0.6 is 47.8 Å². The number of carbonyl (C=O) groups is 1. The van der Waals surface area contributed by atoms with Crippen molar-refractivity contribution in [3.8, 4) is 5.75 Å². The Morgan fingerprint density at radius 1 is 1.10 bits per heavy atom. The average molecular weight is 477 g/mol. The third kappa shape index (κ3) is 4.39. The molecule has 0 saturated carbocycles. The molecule has 0 heterocycles. The number of rotatable bonds is 3. The predicted molar refractivity (Wildman–Crippen MR) is 92.7 cm³/mol. The Morgan fingerprint density at radius 2 is 1.76 bits per heavy atom. The lowest BCUT2D eigenvalue weighted by atomic mass is 10.2. The van der Waals surface area contributed by atoms with Crippen LogP contribution in [-0.2, 0) is 0 Å². The van der Waals surface area contributed by atoms with Crippen LogP contribution in [0.15, 0.2) is 54.9 Å². The van der Waals surface area contributed by atoms with Gasteiger partial charge in [0.1, 0.15) is 5.75 Å². The molecule has 0 bridgehead atoms. The minimum absolute atomic E-state index is 0.0962. The van der Waals surface area contributed by atoms with Crippen LogP contribution < -0.4 is 5.43 Å². The summed E-state index contributed by atoms with van der Waals surface area (Å²) in [7, 11) is 0. The molecule has 108 valence electrons. The molecule has 0 aliphatic heterocycles. The van der Waals surface area contributed by atoms with E-state index in [1.165, 1.54) is 12.3 Å². The summed E-state index contributed by atoms with van der Waals surface area (Å²) in [5.74, 6) is -0.213. The highest BCUT2D eigenvalue weighted by atomic mass is 79.9. The number of phenolic OH excluding ortho intramolecular Hbond substituents is 1. The summed E-state index contributed by atoms with van der Waals surface area (Å²) >= 11 is 9.87. The van der Waals surface area contributed by atoms with Gasteiger partial charge in [-0.05, 0) is 52.3 Å². The lowest BCUT2D eigenvalue weighted by molar-refractivity contribution is 0.0955. The standard InChI is InChI=1S/C14H9Br3N2O2/c15-10-3-1-8(2-4-10)14(21)19-18-7-9-5-13(20)12(17)6-11(9)16/h1-7,20H,(H,19,21). The molecule has 0 fully saturated rings. The molecule has 4 nitrogen and oxygen atoms in total. The molecular weight excluding hydrogens is 468 g/mol. The monoisotopic (exact) mass is 474 g/mol. The molecule has 0 saturated heterocycles. The molecule has 7 heteroatoms. The van der Waals surface area contributed by atoms with E-state index in [1.54, 1.807) is 30.3 Å². The van der Waals surface area contributed by atoms with E-state index in [-0.39, 0.29) is 11.7 Å². The highest BCUT2D eigenvalue weighted by molar-refractivity contribution is 9.11. The molecule has 21 heavy (non-hydrogen) atoms. The number of benzene rings is 2. The summed E-state index contributed by atoms with van der Waals surface area (Å²) in [5, 5.41) is 13.5. The number of hydrogen-bond acceptors (Lipinski definition) is 3. The second-order valence-electron chi connectivity index (χ2n) is 4.03. The number of amides is 1. The number of halogens is 3. The zero-order valence-corrected chi connectivity index (χ0v) is 15.2. The van der Waals surface area contributed by atoms with E-state index in [0.29, 0.717) is 15.6 Å². The van der Waals surface area contributed by atoms with Crippen molar-refractivity contribution in [2.24, 2.45) is 5.10 Å². The minimum Gasteiger partial charge on any atom is -0.507 e. The molecule has 0 aliphatic carbocycles. The predicted octanol–water partition coefficient (Wildman–Crippen LogP) is 4.44. The minimum atomic E-state index is -0.309. The van der Waals surface area contributed by atoms with Crippen molar-refractivity contribution in [1.29, 1.82) is 0 Å². The first-order valence-electron chi connectivity index (χ1n) is 5.74. The van der Waals surface area contributed by atoms with Crippen molar-refractivity contribution >= 4 is 59.9 Å². The number of carbonyl (C=O) groups excluding carboxylic acids is 1. The van der Waals surface area contributed by atoms with E-state index in [2.05, 4.69) is 58.3 Å². The lowest BCUT2D eigenvalue weighted by Gasteiger charge is -2.03. The average Bonchev–Trinajstić information content (AvgIpc) is 2.45. The molecule has 2 N–H and O–H groups in total. The number of hydrogen-bond donors (Lipinski definition) is 2. The first-order chi connectivity index (χ1) is 9.97. The van der Waals surface area contributed by atoms with E-state index >= 15 is 0 Å². The van der Waals surface area contributed by atoms with E-state index in [4.69, 9.17) is 0 Å². The zero-order chi connectivity index (χ0) is 15.4. The molecule has 2 aromatic carbocycles. The Balaban J connectivity index is 2.07. The summed E-state index contributed by atoms with van der Waals surface area (Å²) in [6.45, 7) is 0. The summed E-state index contributed by atoms with van der Waals surface area (Å²) in [6, 6.07) is 10.2. The zero-order valence-electron chi connectivity index (χ0n) is 10.5. The van der Waals surface area contributed by atoms with Crippen LogP contribution in [-0.4, -0.2) is 17.2 Å². The highest BCUT2D eigenvalue weighted by Gasteiger charge is 2.05. The third-order valence-electron chi connectivity index (χ3n) is 2.54. The number of hydrazone groups is 1. The smallest absolute Gasteiger partial charge is 0.271 e. The largest absolute Gasteiger partial charge is 0.507 e. The van der Waals surface area contributed by atoms with Crippen LogP contribution in [0.3, 0.4) is 0 Å². The van der Waals surface area contributed by atoms with Gasteiger partial charge in [-0.1, -0.05) is 31.9 Å². The van der Waals surface area contributed by atoms with Gasteiger partial charge in [0.25, 0.3) is 5.91 Å². The SMILES string of the molecule is O=C(NN=Cc1cc(O)c(Br)cc1Br)c1ccc(Br)cc1. The Hall–Kier alpha value is -1.18. The van der Waals surface area contributed by atoms with Crippen molar-refractivity contribution in [3.05, 3.63) is 60.9 Å². The topological polar surface area (TPSA) is 61.7 Å². The van der Waals surface area contributed by atoms with Crippen molar-refractivity contribution < 1.29 is 9.90 Å². The van der Waals surface area contributed by atoms with Crippen LogP contribution in [0.4, 0.5) is 0 Å². The van der Waals surface area contributed by atoms with Gasteiger partial charge in [-0.3, -0.25) is 4.79 Å². The van der Waals surface area contributed by atoms with Crippen LogP contribution in [0.2, 0.25) is 0 Å². The number of phenols is 1. The van der Waals surface area contributed by atoms with Crippen molar-refractivity contribution in [2.75, 3.05) is 0 Å². The Kier molecular flexibility index (Phi) is 5.55. The van der Waals surface area contributed by atoms with Crippen LogP contribution in [0.25, 0.3) is 0 Å². The van der Waals surface area contributed by atoms with E-state index in [0.717, 1.165) is 8.95 Å². The second kappa shape index (κ2) is 7.20. The van der Waals surface area contributed by atoms with Gasteiger partial charge in [-0.2, -0.15) is 5.10 Å². The fourth-order valence-corrected chi connectivity index (χ4v) is 2.84. The van der Waals surface area contributed by atoms with Gasteiger partial charge in [0.2, 0.25) is 0 Å². The maximum Gasteiger partial charge on any atom is 0.271 e. The van der Waals surface area contributed by atoms with Gasteiger partial charge in [0, 0.05) is 20.1 Å². The van der Waals surface area contributed by atoms with Gasteiger partial charge >= 0.3 is 0 Å². The first-order valence-corrected chi connectivity index (χ1v) is 8.12. The molecule has 0 unspecified atom stereocenters. The highest BCUT2D eigenvalue weighted by Crippen LogP contribution is 2.29. The molecule has 2 rings (SSSR count). The molecule has 0 radical (unpaired) electrons. The van der Waals surface area contributed by atoms with Crippen molar-refractivity contribution in [1.82, 2.24) is 5.43 Å². The second-order valence-corrected chi connectivity index (χ2v) is 6.66. The van der Waals surface area contributed by atoms with Crippen LogP contribution in [0, 0.1) is 0 Å². The normalized spacial score (nSPS) is 10.8. The maximum absolute atomic E-state index is 11.8. The Bertz CT molecular complexity index is 700. The number of aromatic hydroxyl groups is 1. The number of nitrogens with zero attached hydrogens (tertiary/aromatic N) is 1. The van der Waals surface area contributed by atoms with Gasteiger partial charge in [-0.25, -0.2) is 5.43 Å². The summed E-state index contributed by atoms with van der Waals surface area (Å²) in [4.78, 5) is 11.8. The van der Waals surface area contributed by atoms with E-state index < -0.39 is 0 Å². The van der Waals surface area contributed by atoms with E-state index in [1.807, 2.05) is 0 Å². The fraction of sp³-hybridized carbons (Fsp3) is 0. The van der Waals surface area contributed by atoms with Gasteiger partial charge in [0.05, 0.1) is 10.7 Å². The van der Waals surface area contributed by atoms with Crippen LogP contribution in [0.5, 0.6) is 5.75 Å². The molecule has 0 aromatic heterocycles. The fourth-order valence-electron chi connectivity index (χ4n) is 1.48. The van der Waals surface area contributed by atoms with Crippen molar-refractivity contribution in [2.45, 2.75) is 0 Å². The first kappa shape index (κ1) is 16.2. The third-order valence-corrected chi connectivity index (χ3v) is 4.39. The molecule has 0 aliphatic rings. The van der Waals surface area contributed by atoms with Crippen molar-refractivity contribution in [3.63, 3.8) is 0 Å². The summed E-state index contributed by atoms with van der Waals surface area (Å²) in [5.41, 5.74) is 3.58. The molecule has 2 aromatic rings. The molecular formula is C14H9Br3N2O2. The van der Waals surface area contributed by atoms with Gasteiger partial charge in [-0.15, -0.1) is 0 Å². The summed E-state index contributed by atoms with van der Waals surface area (Å²) in [6.07, 6.45) is 1.45. The van der Waals surface area contributed by atoms with E-state index in [9.17, 15) is 9.90 Å². The van der Waals surface area contributed by atoms with Gasteiger partial charge in [0.15, 0.2) is 0 Å².